The van der Waals surface area contributed by atoms with E-state index in [-0.39, 0.29) is 5.56 Å². The summed E-state index contributed by atoms with van der Waals surface area (Å²) in [7, 11) is 0. The second-order valence-electron chi connectivity index (χ2n) is 5.11. The third-order valence-electron chi connectivity index (χ3n) is 2.37. The van der Waals surface area contributed by atoms with Crippen LogP contribution in [-0.4, -0.2) is 17.1 Å². The molecule has 0 aromatic carbocycles. The molecule has 0 saturated heterocycles. The van der Waals surface area contributed by atoms with E-state index in [9.17, 15) is 18.0 Å². The van der Waals surface area contributed by atoms with E-state index in [1.54, 1.807) is 20.8 Å². The summed E-state index contributed by atoms with van der Waals surface area (Å²) in [5.74, 6) is -0.669. The van der Waals surface area contributed by atoms with E-state index in [2.05, 4.69) is 20.9 Å². The van der Waals surface area contributed by atoms with Gasteiger partial charge in [0.2, 0.25) is 5.91 Å². The van der Waals surface area contributed by atoms with E-state index >= 15 is 0 Å². The quantitative estimate of drug-likeness (QED) is 0.837. The summed E-state index contributed by atoms with van der Waals surface area (Å²) < 4.78 is 39.4. The number of amides is 1. The molecule has 0 saturated carbocycles. The third-order valence-corrected chi connectivity index (χ3v) is 2.84. The second-order valence-corrected chi connectivity index (χ2v) is 5.92. The van der Waals surface area contributed by atoms with Crippen molar-refractivity contribution in [3.8, 4) is 0 Å². The van der Waals surface area contributed by atoms with Gasteiger partial charge in [0.1, 0.15) is 4.60 Å². The van der Waals surface area contributed by atoms with Gasteiger partial charge in [0, 0.05) is 17.2 Å². The van der Waals surface area contributed by atoms with Crippen LogP contribution in [0.25, 0.3) is 0 Å². The molecule has 1 N–H and O–H groups in total. The lowest BCUT2D eigenvalue weighted by Crippen LogP contribution is -2.43. The molecule has 3 nitrogen and oxygen atoms in total. The summed E-state index contributed by atoms with van der Waals surface area (Å²) in [4.78, 5) is 15.5. The van der Waals surface area contributed by atoms with Gasteiger partial charge in [0.05, 0.1) is 0 Å². The van der Waals surface area contributed by atoms with Crippen LogP contribution in [0.4, 0.5) is 13.2 Å². The SMILES string of the molecule is CC(C)(C)C(=O)N[C@H](c1ccc(Br)nc1)C(F)(F)F. The van der Waals surface area contributed by atoms with Crippen LogP contribution < -0.4 is 5.32 Å². The highest BCUT2D eigenvalue weighted by Crippen LogP contribution is 2.33. The molecule has 0 aliphatic heterocycles. The number of carbonyl (C=O) groups is 1. The number of hydrogen-bond donors (Lipinski definition) is 1. The highest BCUT2D eigenvalue weighted by atomic mass is 79.9. The Kier molecular flexibility index (Phi) is 4.60. The molecule has 106 valence electrons. The number of pyridine rings is 1. The monoisotopic (exact) mass is 338 g/mol. The smallest absolute Gasteiger partial charge is 0.340 e. The van der Waals surface area contributed by atoms with E-state index in [0.29, 0.717) is 4.60 Å². The van der Waals surface area contributed by atoms with Crippen molar-refractivity contribution in [3.63, 3.8) is 0 Å². The molecule has 1 heterocycles. The van der Waals surface area contributed by atoms with Gasteiger partial charge in [-0.05, 0) is 22.0 Å². The van der Waals surface area contributed by atoms with E-state index in [1.807, 2.05) is 5.32 Å². The lowest BCUT2D eigenvalue weighted by atomic mass is 9.94. The van der Waals surface area contributed by atoms with Gasteiger partial charge in [-0.2, -0.15) is 13.2 Å². The lowest BCUT2D eigenvalue weighted by Gasteiger charge is -2.26. The van der Waals surface area contributed by atoms with Gasteiger partial charge in [0.25, 0.3) is 0 Å². The molecule has 0 fully saturated rings. The van der Waals surface area contributed by atoms with Crippen LogP contribution in [0, 0.1) is 5.41 Å². The van der Waals surface area contributed by atoms with E-state index < -0.39 is 23.5 Å². The number of hydrogen-bond acceptors (Lipinski definition) is 2. The van der Waals surface area contributed by atoms with Gasteiger partial charge in [0.15, 0.2) is 6.04 Å². The molecule has 0 aliphatic carbocycles. The molecule has 1 atom stereocenters. The van der Waals surface area contributed by atoms with Gasteiger partial charge in [-0.1, -0.05) is 26.8 Å². The van der Waals surface area contributed by atoms with Gasteiger partial charge >= 0.3 is 6.18 Å². The summed E-state index contributed by atoms with van der Waals surface area (Å²) in [6, 6.07) is 0.620. The second kappa shape index (κ2) is 5.48. The largest absolute Gasteiger partial charge is 0.412 e. The first kappa shape index (κ1) is 15.9. The predicted octanol–water partition coefficient (Wildman–Crippen LogP) is 3.61. The maximum absolute atomic E-state index is 13.0. The molecular weight excluding hydrogens is 325 g/mol. The molecule has 7 heteroatoms. The van der Waals surface area contributed by atoms with Crippen molar-refractivity contribution < 1.29 is 18.0 Å². The molecule has 1 aromatic rings. The molecule has 0 spiro atoms. The van der Waals surface area contributed by atoms with Gasteiger partial charge in [-0.25, -0.2) is 4.98 Å². The molecular formula is C12H14BrF3N2O. The van der Waals surface area contributed by atoms with Crippen LogP contribution in [0.3, 0.4) is 0 Å². The van der Waals surface area contributed by atoms with Crippen molar-refractivity contribution in [2.45, 2.75) is 33.0 Å². The van der Waals surface area contributed by atoms with Crippen molar-refractivity contribution in [1.29, 1.82) is 0 Å². The van der Waals surface area contributed by atoms with Crippen molar-refractivity contribution in [1.82, 2.24) is 10.3 Å². The summed E-state index contributed by atoms with van der Waals surface area (Å²) in [5, 5.41) is 2.01. The lowest BCUT2D eigenvalue weighted by molar-refractivity contribution is -0.165. The Hall–Kier alpha value is -1.11. The number of carbonyl (C=O) groups excluding carboxylic acids is 1. The number of halogens is 4. The average Bonchev–Trinajstić information content (AvgIpc) is 2.24. The Balaban J connectivity index is 3.04. The average molecular weight is 339 g/mol. The number of aromatic nitrogens is 1. The molecule has 1 amide bonds. The highest BCUT2D eigenvalue weighted by Gasteiger charge is 2.43. The Bertz CT molecular complexity index is 452. The summed E-state index contributed by atoms with van der Waals surface area (Å²) in [6.45, 7) is 4.65. The number of rotatable bonds is 2. The summed E-state index contributed by atoms with van der Waals surface area (Å²) in [6.07, 6.45) is -3.48. The Morgan fingerprint density at radius 3 is 2.26 bits per heavy atom. The Morgan fingerprint density at radius 1 is 1.32 bits per heavy atom. The molecule has 19 heavy (non-hydrogen) atoms. The number of alkyl halides is 3. The van der Waals surface area contributed by atoms with Crippen LogP contribution in [0.1, 0.15) is 32.4 Å². The van der Waals surface area contributed by atoms with Gasteiger partial charge < -0.3 is 5.32 Å². The first-order chi connectivity index (χ1) is 8.51. The summed E-state index contributed by atoms with van der Waals surface area (Å²) in [5.41, 5.74) is -1.000. The maximum atomic E-state index is 13.0. The fourth-order valence-electron chi connectivity index (χ4n) is 1.26. The van der Waals surface area contributed by atoms with Crippen LogP contribution in [0.2, 0.25) is 0 Å². The number of nitrogens with one attached hydrogen (secondary N) is 1. The van der Waals surface area contributed by atoms with E-state index in [0.717, 1.165) is 6.20 Å². The van der Waals surface area contributed by atoms with E-state index in [4.69, 9.17) is 0 Å². The van der Waals surface area contributed by atoms with Crippen molar-refractivity contribution >= 4 is 21.8 Å². The van der Waals surface area contributed by atoms with E-state index in [1.165, 1.54) is 12.1 Å². The van der Waals surface area contributed by atoms with Gasteiger partial charge in [-0.3, -0.25) is 4.79 Å². The van der Waals surface area contributed by atoms with Gasteiger partial charge in [-0.15, -0.1) is 0 Å². The minimum atomic E-state index is -4.57. The van der Waals surface area contributed by atoms with Crippen LogP contribution in [-0.2, 0) is 4.79 Å². The molecule has 0 radical (unpaired) electrons. The zero-order valence-electron chi connectivity index (χ0n) is 10.7. The topological polar surface area (TPSA) is 42.0 Å². The van der Waals surface area contributed by atoms with Crippen LogP contribution in [0.5, 0.6) is 0 Å². The highest BCUT2D eigenvalue weighted by molar-refractivity contribution is 9.10. The molecule has 0 aliphatic rings. The zero-order valence-corrected chi connectivity index (χ0v) is 12.3. The Labute approximate surface area is 117 Å². The fraction of sp³-hybridized carbons (Fsp3) is 0.500. The minimum absolute atomic E-state index is 0.103. The molecule has 1 aromatic heterocycles. The normalized spacial score (nSPS) is 14.1. The first-order valence-electron chi connectivity index (χ1n) is 5.51. The standard InChI is InChI=1S/C12H14BrF3N2O/c1-11(2,3)10(19)18-9(12(14,15)16)7-4-5-8(13)17-6-7/h4-6,9H,1-3H3,(H,18,19)/t9-/m1/s1. The Morgan fingerprint density at radius 2 is 1.89 bits per heavy atom. The molecule has 0 bridgehead atoms. The fourth-order valence-corrected chi connectivity index (χ4v) is 1.49. The van der Waals surface area contributed by atoms with Crippen molar-refractivity contribution in [2.75, 3.05) is 0 Å². The third kappa shape index (κ3) is 4.49. The van der Waals surface area contributed by atoms with Crippen LogP contribution in [0.15, 0.2) is 22.9 Å². The summed E-state index contributed by atoms with van der Waals surface area (Å²) >= 11 is 3.05. The first-order valence-corrected chi connectivity index (χ1v) is 6.30. The van der Waals surface area contributed by atoms with Crippen molar-refractivity contribution in [2.24, 2.45) is 5.41 Å². The zero-order chi connectivity index (χ0) is 14.8. The predicted molar refractivity (Wildman–Crippen MR) is 68.3 cm³/mol. The number of nitrogens with zero attached hydrogens (tertiary/aromatic N) is 1. The minimum Gasteiger partial charge on any atom is -0.340 e. The molecule has 1 rings (SSSR count). The maximum Gasteiger partial charge on any atom is 0.412 e. The van der Waals surface area contributed by atoms with Crippen molar-refractivity contribution in [3.05, 3.63) is 28.5 Å². The molecule has 0 unspecified atom stereocenters. The van der Waals surface area contributed by atoms with Crippen LogP contribution >= 0.6 is 15.9 Å².